The van der Waals surface area contributed by atoms with E-state index in [1.54, 1.807) is 0 Å². The molecule has 2 aliphatic rings. The van der Waals surface area contributed by atoms with Crippen molar-refractivity contribution in [3.05, 3.63) is 40.9 Å². The topological polar surface area (TPSA) is 42.6 Å². The van der Waals surface area contributed by atoms with Crippen LogP contribution in [0.2, 0.25) is 5.02 Å². The lowest BCUT2D eigenvalue weighted by Crippen LogP contribution is -2.35. The number of benzene rings is 1. The first-order valence-electron chi connectivity index (χ1n) is 8.87. The van der Waals surface area contributed by atoms with Crippen LogP contribution >= 0.6 is 11.6 Å². The molecule has 0 amide bonds. The van der Waals surface area contributed by atoms with Gasteiger partial charge in [0.05, 0.1) is 35.9 Å². The van der Waals surface area contributed by atoms with Crippen molar-refractivity contribution < 1.29 is 4.74 Å². The number of hydrogen-bond acceptors (Lipinski definition) is 4. The first kappa shape index (κ1) is 16.6. The summed E-state index contributed by atoms with van der Waals surface area (Å²) < 4.78 is 8.00. The van der Waals surface area contributed by atoms with Crippen molar-refractivity contribution in [1.82, 2.24) is 14.5 Å². The minimum absolute atomic E-state index is 0.176. The van der Waals surface area contributed by atoms with Crippen LogP contribution in [0.25, 0.3) is 11.0 Å². The van der Waals surface area contributed by atoms with Crippen molar-refractivity contribution in [2.75, 3.05) is 19.8 Å². The van der Waals surface area contributed by atoms with E-state index in [1.165, 1.54) is 0 Å². The summed E-state index contributed by atoms with van der Waals surface area (Å²) in [7, 11) is 0. The molecule has 2 aromatic rings. The maximum atomic E-state index is 6.23. The van der Waals surface area contributed by atoms with Crippen LogP contribution in [0.5, 0.6) is 0 Å². The number of nitrogens with zero attached hydrogens (tertiary/aromatic N) is 4. The van der Waals surface area contributed by atoms with Gasteiger partial charge in [-0.2, -0.15) is 0 Å². The number of halogens is 1. The predicted molar refractivity (Wildman–Crippen MR) is 101 cm³/mol. The Morgan fingerprint density at radius 1 is 1.40 bits per heavy atom. The third kappa shape index (κ3) is 3.07. The monoisotopic (exact) mass is 358 g/mol. The second-order valence-electron chi connectivity index (χ2n) is 6.69. The van der Waals surface area contributed by atoms with E-state index in [-0.39, 0.29) is 6.04 Å². The Balaban J connectivity index is 1.84. The van der Waals surface area contributed by atoms with Crippen LogP contribution in [0.15, 0.2) is 35.1 Å². The number of rotatable bonds is 4. The number of imidazole rings is 1. The molecule has 25 heavy (non-hydrogen) atoms. The van der Waals surface area contributed by atoms with Gasteiger partial charge in [0, 0.05) is 36.5 Å². The van der Waals surface area contributed by atoms with Crippen molar-refractivity contribution in [3.8, 4) is 0 Å². The average molecular weight is 359 g/mol. The standard InChI is InChI=1S/C19H23ClN4O/c1-3-24-17-10-15(20)4-5-16(17)22-19(24)18(14-6-9-25-12-14)23-8-7-21-13(2)11-23/h4-5,7,10-11,14,18H,3,6,8-9,12H2,1-2H3. The second kappa shape index (κ2) is 6.81. The Morgan fingerprint density at radius 2 is 2.28 bits per heavy atom. The van der Waals surface area contributed by atoms with E-state index in [4.69, 9.17) is 21.3 Å². The summed E-state index contributed by atoms with van der Waals surface area (Å²) in [4.78, 5) is 11.8. The molecule has 2 unspecified atom stereocenters. The maximum absolute atomic E-state index is 6.23. The molecule has 2 aliphatic heterocycles. The minimum atomic E-state index is 0.176. The van der Waals surface area contributed by atoms with E-state index in [2.05, 4.69) is 27.6 Å². The number of aryl methyl sites for hydroxylation is 1. The van der Waals surface area contributed by atoms with Gasteiger partial charge in [0.15, 0.2) is 0 Å². The Labute approximate surface area is 153 Å². The highest BCUT2D eigenvalue weighted by atomic mass is 35.5. The van der Waals surface area contributed by atoms with Crippen molar-refractivity contribution >= 4 is 28.8 Å². The van der Waals surface area contributed by atoms with Crippen molar-refractivity contribution in [1.29, 1.82) is 0 Å². The number of aliphatic imine (C=N–C) groups is 1. The first-order chi connectivity index (χ1) is 12.2. The Morgan fingerprint density at radius 3 is 3.00 bits per heavy atom. The van der Waals surface area contributed by atoms with Crippen LogP contribution in [-0.4, -0.2) is 40.4 Å². The molecule has 4 rings (SSSR count). The SMILES string of the molecule is CCn1c(C(C2CCOC2)N2C=C(C)N=CC2)nc2ccc(Cl)cc21. The highest BCUT2D eigenvalue weighted by Crippen LogP contribution is 2.36. The van der Waals surface area contributed by atoms with Crippen LogP contribution < -0.4 is 0 Å². The van der Waals surface area contributed by atoms with Crippen molar-refractivity contribution in [3.63, 3.8) is 0 Å². The summed E-state index contributed by atoms with van der Waals surface area (Å²) in [6.45, 7) is 7.45. The van der Waals surface area contributed by atoms with Crippen LogP contribution in [0.3, 0.4) is 0 Å². The van der Waals surface area contributed by atoms with Gasteiger partial charge >= 0.3 is 0 Å². The summed E-state index contributed by atoms with van der Waals surface area (Å²) in [5.74, 6) is 1.52. The van der Waals surface area contributed by atoms with Crippen LogP contribution in [0.4, 0.5) is 0 Å². The zero-order valence-corrected chi connectivity index (χ0v) is 15.4. The number of hydrogen-bond donors (Lipinski definition) is 0. The lowest BCUT2D eigenvalue weighted by Gasteiger charge is -2.34. The van der Waals surface area contributed by atoms with Crippen LogP contribution in [0.1, 0.15) is 32.1 Å². The molecule has 1 aromatic carbocycles. The Bertz CT molecular complexity index is 835. The van der Waals surface area contributed by atoms with Gasteiger partial charge in [0.25, 0.3) is 0 Å². The highest BCUT2D eigenvalue weighted by molar-refractivity contribution is 6.31. The normalized spacial score (nSPS) is 21.8. The molecule has 1 fully saturated rings. The first-order valence-corrected chi connectivity index (χ1v) is 9.25. The van der Waals surface area contributed by atoms with Gasteiger partial charge < -0.3 is 14.2 Å². The molecular formula is C19H23ClN4O. The van der Waals surface area contributed by atoms with E-state index < -0.39 is 0 Å². The minimum Gasteiger partial charge on any atom is -0.381 e. The lowest BCUT2D eigenvalue weighted by molar-refractivity contribution is 0.149. The van der Waals surface area contributed by atoms with Crippen LogP contribution in [0, 0.1) is 5.92 Å². The van der Waals surface area contributed by atoms with Gasteiger partial charge in [-0.25, -0.2) is 4.98 Å². The molecule has 3 heterocycles. The molecule has 0 spiro atoms. The summed E-state index contributed by atoms with van der Waals surface area (Å²) in [5, 5.41) is 0.746. The number of fused-ring (bicyclic) bond motifs is 1. The average Bonchev–Trinajstić information content (AvgIpc) is 3.23. The lowest BCUT2D eigenvalue weighted by atomic mass is 9.96. The van der Waals surface area contributed by atoms with Gasteiger partial charge in [-0.3, -0.25) is 4.99 Å². The fourth-order valence-corrected chi connectivity index (χ4v) is 4.07. The van der Waals surface area contributed by atoms with Gasteiger partial charge in [-0.05, 0) is 38.5 Å². The second-order valence-corrected chi connectivity index (χ2v) is 7.13. The van der Waals surface area contributed by atoms with Crippen molar-refractivity contribution in [2.45, 2.75) is 32.9 Å². The fraction of sp³-hybridized carbons (Fsp3) is 0.474. The number of allylic oxidation sites excluding steroid dienone is 1. The van der Waals surface area contributed by atoms with E-state index in [9.17, 15) is 0 Å². The summed E-state index contributed by atoms with van der Waals surface area (Å²) in [6.07, 6.45) is 5.18. The van der Waals surface area contributed by atoms with E-state index in [1.807, 2.05) is 31.3 Å². The Hall–Kier alpha value is -1.85. The van der Waals surface area contributed by atoms with Crippen LogP contribution in [-0.2, 0) is 11.3 Å². The zero-order chi connectivity index (χ0) is 17.4. The van der Waals surface area contributed by atoms with E-state index in [0.29, 0.717) is 5.92 Å². The molecule has 0 bridgehead atoms. The predicted octanol–water partition coefficient (Wildman–Crippen LogP) is 4.03. The highest BCUT2D eigenvalue weighted by Gasteiger charge is 2.34. The zero-order valence-electron chi connectivity index (χ0n) is 14.7. The largest absolute Gasteiger partial charge is 0.381 e. The Kier molecular flexibility index (Phi) is 4.52. The molecular weight excluding hydrogens is 336 g/mol. The summed E-state index contributed by atoms with van der Waals surface area (Å²) >= 11 is 6.23. The van der Waals surface area contributed by atoms with E-state index >= 15 is 0 Å². The van der Waals surface area contributed by atoms with Crippen molar-refractivity contribution in [2.24, 2.45) is 10.9 Å². The quantitative estimate of drug-likeness (QED) is 0.828. The summed E-state index contributed by atoms with van der Waals surface area (Å²) in [5.41, 5.74) is 3.12. The molecule has 132 valence electrons. The molecule has 0 radical (unpaired) electrons. The molecule has 5 nitrogen and oxygen atoms in total. The van der Waals surface area contributed by atoms with Gasteiger partial charge in [0.2, 0.25) is 0 Å². The van der Waals surface area contributed by atoms with Gasteiger partial charge in [0.1, 0.15) is 5.82 Å². The maximum Gasteiger partial charge on any atom is 0.133 e. The number of aromatic nitrogens is 2. The smallest absolute Gasteiger partial charge is 0.133 e. The molecule has 2 atom stereocenters. The fourth-order valence-electron chi connectivity index (χ4n) is 3.90. The third-order valence-electron chi connectivity index (χ3n) is 5.03. The molecule has 0 saturated carbocycles. The molecule has 0 N–H and O–H groups in total. The molecule has 6 heteroatoms. The summed E-state index contributed by atoms with van der Waals surface area (Å²) in [6, 6.07) is 6.10. The third-order valence-corrected chi connectivity index (χ3v) is 5.26. The molecule has 1 saturated heterocycles. The van der Waals surface area contributed by atoms with E-state index in [0.717, 1.165) is 60.3 Å². The van der Waals surface area contributed by atoms with Gasteiger partial charge in [-0.1, -0.05) is 11.6 Å². The van der Waals surface area contributed by atoms with Gasteiger partial charge in [-0.15, -0.1) is 0 Å². The molecule has 1 aromatic heterocycles. The molecule has 0 aliphatic carbocycles. The number of ether oxygens (including phenoxy) is 1.